The summed E-state index contributed by atoms with van der Waals surface area (Å²) in [6.45, 7) is 5.78. The number of carbonyl (C=O) groups excluding carboxylic acids is 1. The maximum absolute atomic E-state index is 13.4. The number of piperidine rings is 1. The Balaban J connectivity index is 1.55. The van der Waals surface area contributed by atoms with Gasteiger partial charge in [0.05, 0.1) is 19.8 Å². The predicted octanol–water partition coefficient (Wildman–Crippen LogP) is 4.77. The second kappa shape index (κ2) is 12.3. The molecule has 0 N–H and O–H groups in total. The lowest BCUT2D eigenvalue weighted by atomic mass is 9.99. The van der Waals surface area contributed by atoms with E-state index in [2.05, 4.69) is 6.58 Å². The van der Waals surface area contributed by atoms with Crippen molar-refractivity contribution in [1.29, 1.82) is 0 Å². The molecule has 3 atom stereocenters. The van der Waals surface area contributed by atoms with Crippen LogP contribution in [0.15, 0.2) is 104 Å². The summed E-state index contributed by atoms with van der Waals surface area (Å²) in [5, 5.41) is 0. The number of hydrogen-bond donors (Lipinski definition) is 0. The zero-order chi connectivity index (χ0) is 23.6. The third-order valence-electron chi connectivity index (χ3n) is 5.83. The minimum atomic E-state index is -0.779. The van der Waals surface area contributed by atoms with Crippen LogP contribution >= 0.6 is 0 Å². The number of likely N-dealkylation sites (tertiary alicyclic amines) is 1. The summed E-state index contributed by atoms with van der Waals surface area (Å²) in [5.74, 6) is -0.103. The maximum Gasteiger partial charge on any atom is 0.254 e. The van der Waals surface area contributed by atoms with Gasteiger partial charge in [-0.3, -0.25) is 4.79 Å². The Labute approximate surface area is 201 Å². The first-order chi connectivity index (χ1) is 16.7. The Hall–Kier alpha value is -3.25. The second-order valence-corrected chi connectivity index (χ2v) is 8.35. The Morgan fingerprint density at radius 2 is 1.21 bits per heavy atom. The molecule has 1 amide bonds. The average molecular weight is 458 g/mol. The van der Waals surface area contributed by atoms with E-state index in [-0.39, 0.29) is 12.0 Å². The fourth-order valence-electron chi connectivity index (χ4n) is 4.06. The summed E-state index contributed by atoms with van der Waals surface area (Å²) in [4.78, 5) is 15.1. The molecule has 0 spiro atoms. The van der Waals surface area contributed by atoms with E-state index in [1.54, 1.807) is 11.0 Å². The molecule has 0 unspecified atom stereocenters. The van der Waals surface area contributed by atoms with Crippen molar-refractivity contribution < 1.29 is 19.0 Å². The molecule has 0 radical (unpaired) electrons. The Bertz CT molecular complexity index is 1030. The first-order valence-corrected chi connectivity index (χ1v) is 11.6. The second-order valence-electron chi connectivity index (χ2n) is 8.35. The lowest BCUT2D eigenvalue weighted by Crippen LogP contribution is -2.61. The standard InChI is InChI=1S/C29H31NO4/c1-2-18-30-19-26(32-20-23-12-6-3-7-13-23)27(33-21-24-14-8-4-9-15-24)28(29(30)31)34-22-25-16-10-5-11-17-25/h2-17,26-28H,1,18-22H2/t26-,27+,28-/m0/s1. The molecule has 1 aliphatic heterocycles. The van der Waals surface area contributed by atoms with Crippen LogP contribution in [0.4, 0.5) is 0 Å². The van der Waals surface area contributed by atoms with Gasteiger partial charge in [0.1, 0.15) is 12.2 Å². The van der Waals surface area contributed by atoms with Crippen LogP contribution in [-0.4, -0.2) is 42.2 Å². The number of carbonyl (C=O) groups is 1. The molecule has 1 aliphatic rings. The maximum atomic E-state index is 13.4. The number of amides is 1. The Kier molecular flexibility index (Phi) is 8.63. The van der Waals surface area contributed by atoms with E-state index in [0.717, 1.165) is 16.7 Å². The van der Waals surface area contributed by atoms with E-state index in [1.165, 1.54) is 0 Å². The smallest absolute Gasteiger partial charge is 0.254 e. The van der Waals surface area contributed by atoms with Gasteiger partial charge in [-0.2, -0.15) is 0 Å². The summed E-state index contributed by atoms with van der Waals surface area (Å²) in [6.07, 6.45) is 0.0629. The summed E-state index contributed by atoms with van der Waals surface area (Å²) >= 11 is 0. The van der Waals surface area contributed by atoms with Crippen molar-refractivity contribution in [2.24, 2.45) is 0 Å². The highest BCUT2D eigenvalue weighted by molar-refractivity contribution is 5.83. The van der Waals surface area contributed by atoms with Crippen molar-refractivity contribution in [1.82, 2.24) is 4.90 Å². The van der Waals surface area contributed by atoms with Crippen LogP contribution in [0, 0.1) is 0 Å². The number of benzene rings is 3. The summed E-state index contributed by atoms with van der Waals surface area (Å²) in [7, 11) is 0. The normalized spacial score (nSPS) is 20.3. The van der Waals surface area contributed by atoms with Gasteiger partial charge in [0, 0.05) is 13.1 Å². The van der Waals surface area contributed by atoms with Crippen molar-refractivity contribution in [2.75, 3.05) is 13.1 Å². The molecule has 0 bridgehead atoms. The molecule has 176 valence electrons. The van der Waals surface area contributed by atoms with Crippen molar-refractivity contribution in [3.8, 4) is 0 Å². The highest BCUT2D eigenvalue weighted by Crippen LogP contribution is 2.25. The molecule has 3 aromatic rings. The molecular weight excluding hydrogens is 426 g/mol. The first-order valence-electron chi connectivity index (χ1n) is 11.6. The highest BCUT2D eigenvalue weighted by atomic mass is 16.6. The molecule has 5 heteroatoms. The molecule has 0 aromatic heterocycles. The van der Waals surface area contributed by atoms with Gasteiger partial charge in [-0.1, -0.05) is 97.1 Å². The zero-order valence-corrected chi connectivity index (χ0v) is 19.3. The van der Waals surface area contributed by atoms with E-state index < -0.39 is 12.2 Å². The number of ether oxygens (including phenoxy) is 3. The fourth-order valence-corrected chi connectivity index (χ4v) is 4.06. The molecular formula is C29H31NO4. The first kappa shape index (κ1) is 23.9. The van der Waals surface area contributed by atoms with Gasteiger partial charge in [-0.05, 0) is 16.7 Å². The number of hydrogen-bond acceptors (Lipinski definition) is 4. The van der Waals surface area contributed by atoms with Crippen LogP contribution in [0.1, 0.15) is 16.7 Å². The lowest BCUT2D eigenvalue weighted by Gasteiger charge is -2.42. The van der Waals surface area contributed by atoms with Gasteiger partial charge < -0.3 is 19.1 Å². The summed E-state index contributed by atoms with van der Waals surface area (Å²) in [6, 6.07) is 29.8. The molecule has 34 heavy (non-hydrogen) atoms. The van der Waals surface area contributed by atoms with E-state index in [1.807, 2.05) is 91.0 Å². The third-order valence-corrected chi connectivity index (χ3v) is 5.83. The zero-order valence-electron chi connectivity index (χ0n) is 19.3. The molecule has 1 saturated heterocycles. The van der Waals surface area contributed by atoms with Gasteiger partial charge in [0.2, 0.25) is 0 Å². The van der Waals surface area contributed by atoms with E-state index in [9.17, 15) is 4.79 Å². The van der Waals surface area contributed by atoms with Crippen molar-refractivity contribution in [3.05, 3.63) is 120 Å². The number of rotatable bonds is 11. The van der Waals surface area contributed by atoms with E-state index in [0.29, 0.717) is 32.9 Å². The van der Waals surface area contributed by atoms with Crippen LogP contribution in [0.25, 0.3) is 0 Å². The molecule has 4 rings (SSSR count). The topological polar surface area (TPSA) is 48.0 Å². The van der Waals surface area contributed by atoms with Gasteiger partial charge in [0.15, 0.2) is 6.10 Å². The lowest BCUT2D eigenvalue weighted by molar-refractivity contribution is -0.195. The van der Waals surface area contributed by atoms with Gasteiger partial charge in [0.25, 0.3) is 5.91 Å². The van der Waals surface area contributed by atoms with Crippen molar-refractivity contribution >= 4 is 5.91 Å². The van der Waals surface area contributed by atoms with Crippen molar-refractivity contribution in [2.45, 2.75) is 38.1 Å². The average Bonchev–Trinajstić information content (AvgIpc) is 2.89. The van der Waals surface area contributed by atoms with E-state index >= 15 is 0 Å². The van der Waals surface area contributed by atoms with Gasteiger partial charge >= 0.3 is 0 Å². The van der Waals surface area contributed by atoms with E-state index in [4.69, 9.17) is 14.2 Å². The van der Waals surface area contributed by atoms with Crippen LogP contribution in [0.3, 0.4) is 0 Å². The number of nitrogens with zero attached hydrogens (tertiary/aromatic N) is 1. The minimum absolute atomic E-state index is 0.103. The largest absolute Gasteiger partial charge is 0.369 e. The predicted molar refractivity (Wildman–Crippen MR) is 132 cm³/mol. The Morgan fingerprint density at radius 1 is 0.735 bits per heavy atom. The molecule has 3 aromatic carbocycles. The third kappa shape index (κ3) is 6.41. The minimum Gasteiger partial charge on any atom is -0.369 e. The Morgan fingerprint density at radius 3 is 1.71 bits per heavy atom. The van der Waals surface area contributed by atoms with Gasteiger partial charge in [-0.15, -0.1) is 6.58 Å². The monoisotopic (exact) mass is 457 g/mol. The summed E-state index contributed by atoms with van der Waals surface area (Å²) in [5.41, 5.74) is 3.10. The molecule has 0 saturated carbocycles. The fraction of sp³-hybridized carbons (Fsp3) is 0.276. The highest BCUT2D eigenvalue weighted by Gasteiger charge is 2.44. The summed E-state index contributed by atoms with van der Waals surface area (Å²) < 4.78 is 18.9. The van der Waals surface area contributed by atoms with Crippen molar-refractivity contribution in [3.63, 3.8) is 0 Å². The van der Waals surface area contributed by atoms with Crippen LogP contribution < -0.4 is 0 Å². The van der Waals surface area contributed by atoms with Gasteiger partial charge in [-0.25, -0.2) is 0 Å². The molecule has 1 fully saturated rings. The quantitative estimate of drug-likeness (QED) is 0.389. The van der Waals surface area contributed by atoms with Crippen LogP contribution in [-0.2, 0) is 38.8 Å². The van der Waals surface area contributed by atoms with Crippen LogP contribution in [0.2, 0.25) is 0 Å². The van der Waals surface area contributed by atoms with Crippen LogP contribution in [0.5, 0.6) is 0 Å². The molecule has 5 nitrogen and oxygen atoms in total. The molecule has 1 heterocycles. The molecule has 0 aliphatic carbocycles. The SMILES string of the molecule is C=CCN1C[C@H](OCc2ccccc2)[C@@H](OCc2ccccc2)[C@H](OCc2ccccc2)C1=O.